The molecule has 0 unspecified atom stereocenters. The molecule has 0 saturated carbocycles. The number of amides is 1. The zero-order chi connectivity index (χ0) is 15.4. The molecule has 1 aliphatic rings. The molecule has 0 aromatic carbocycles. The second kappa shape index (κ2) is 6.44. The SMILES string of the molecule is CCOC(=O)N1CCN(c2nc(C)cc(C)c2C#N)CC1. The number of hydrogen-bond acceptors (Lipinski definition) is 5. The molecule has 0 aliphatic carbocycles. The summed E-state index contributed by atoms with van der Waals surface area (Å²) in [6.45, 7) is 8.50. The second-order valence-corrected chi connectivity index (χ2v) is 5.06. The largest absolute Gasteiger partial charge is 0.450 e. The molecule has 21 heavy (non-hydrogen) atoms. The number of nitrogens with zero attached hydrogens (tertiary/aromatic N) is 4. The highest BCUT2D eigenvalue weighted by molar-refractivity contribution is 5.68. The van der Waals surface area contributed by atoms with Gasteiger partial charge in [-0.25, -0.2) is 9.78 Å². The van der Waals surface area contributed by atoms with Gasteiger partial charge in [-0.1, -0.05) is 0 Å². The highest BCUT2D eigenvalue weighted by atomic mass is 16.6. The van der Waals surface area contributed by atoms with Gasteiger partial charge < -0.3 is 14.5 Å². The van der Waals surface area contributed by atoms with Crippen LogP contribution in [0.25, 0.3) is 0 Å². The summed E-state index contributed by atoms with van der Waals surface area (Å²) in [5, 5.41) is 9.33. The normalized spacial score (nSPS) is 14.8. The first-order valence-electron chi connectivity index (χ1n) is 7.11. The molecule has 0 spiro atoms. The molecule has 6 heteroatoms. The lowest BCUT2D eigenvalue weighted by molar-refractivity contribution is 0.105. The van der Waals surface area contributed by atoms with E-state index < -0.39 is 0 Å². The molecule has 6 nitrogen and oxygen atoms in total. The van der Waals surface area contributed by atoms with E-state index in [0.717, 1.165) is 17.1 Å². The maximum absolute atomic E-state index is 11.7. The Kier molecular flexibility index (Phi) is 4.63. The van der Waals surface area contributed by atoms with Crippen molar-refractivity contribution in [3.63, 3.8) is 0 Å². The third kappa shape index (κ3) is 3.24. The minimum Gasteiger partial charge on any atom is -0.450 e. The molecule has 0 bridgehead atoms. The van der Waals surface area contributed by atoms with Crippen molar-refractivity contribution in [3.05, 3.63) is 22.9 Å². The third-order valence-corrected chi connectivity index (χ3v) is 3.54. The number of hydrogen-bond donors (Lipinski definition) is 0. The molecule has 1 saturated heterocycles. The van der Waals surface area contributed by atoms with Crippen LogP contribution in [0.15, 0.2) is 6.07 Å². The lowest BCUT2D eigenvalue weighted by atomic mass is 10.1. The van der Waals surface area contributed by atoms with E-state index in [0.29, 0.717) is 38.3 Å². The van der Waals surface area contributed by atoms with Crippen molar-refractivity contribution in [2.24, 2.45) is 0 Å². The lowest BCUT2D eigenvalue weighted by Crippen LogP contribution is -2.49. The average molecular weight is 288 g/mol. The van der Waals surface area contributed by atoms with Gasteiger partial charge in [-0.3, -0.25) is 0 Å². The highest BCUT2D eigenvalue weighted by Crippen LogP contribution is 2.23. The molecule has 1 aliphatic heterocycles. The van der Waals surface area contributed by atoms with Crippen LogP contribution in [0.3, 0.4) is 0 Å². The van der Waals surface area contributed by atoms with E-state index in [9.17, 15) is 10.1 Å². The first-order chi connectivity index (χ1) is 10.1. The van der Waals surface area contributed by atoms with E-state index in [1.165, 1.54) is 0 Å². The fourth-order valence-corrected chi connectivity index (χ4v) is 2.50. The van der Waals surface area contributed by atoms with Gasteiger partial charge in [-0.2, -0.15) is 5.26 Å². The van der Waals surface area contributed by atoms with E-state index in [4.69, 9.17) is 4.74 Å². The zero-order valence-electron chi connectivity index (χ0n) is 12.7. The molecular weight excluding hydrogens is 268 g/mol. The van der Waals surface area contributed by atoms with Gasteiger partial charge in [0.2, 0.25) is 0 Å². The summed E-state index contributed by atoms with van der Waals surface area (Å²) in [6.07, 6.45) is -0.272. The second-order valence-electron chi connectivity index (χ2n) is 5.06. The Labute approximate surface area is 124 Å². The van der Waals surface area contributed by atoms with Crippen LogP contribution in [-0.4, -0.2) is 48.8 Å². The molecule has 1 fully saturated rings. The Morgan fingerprint density at radius 3 is 2.62 bits per heavy atom. The van der Waals surface area contributed by atoms with Crippen molar-refractivity contribution in [2.45, 2.75) is 20.8 Å². The summed E-state index contributed by atoms with van der Waals surface area (Å²) in [7, 11) is 0. The number of piperazine rings is 1. The number of carbonyl (C=O) groups excluding carboxylic acids is 1. The number of rotatable bonds is 2. The standard InChI is InChI=1S/C15H20N4O2/c1-4-21-15(20)19-7-5-18(6-8-19)14-13(10-16)11(2)9-12(3)17-14/h9H,4-8H2,1-3H3. The van der Waals surface area contributed by atoms with Gasteiger partial charge >= 0.3 is 6.09 Å². The third-order valence-electron chi connectivity index (χ3n) is 3.54. The van der Waals surface area contributed by atoms with Crippen molar-refractivity contribution < 1.29 is 9.53 Å². The van der Waals surface area contributed by atoms with Crippen molar-refractivity contribution in [1.29, 1.82) is 5.26 Å². The number of anilines is 1. The summed E-state index contributed by atoms with van der Waals surface area (Å²) in [5.41, 5.74) is 2.45. The van der Waals surface area contributed by atoms with Crippen LogP contribution in [-0.2, 0) is 4.74 Å². The number of pyridine rings is 1. The molecule has 2 rings (SSSR count). The fourth-order valence-electron chi connectivity index (χ4n) is 2.50. The lowest BCUT2D eigenvalue weighted by Gasteiger charge is -2.35. The van der Waals surface area contributed by atoms with Crippen LogP contribution < -0.4 is 4.90 Å². The first-order valence-corrected chi connectivity index (χ1v) is 7.11. The van der Waals surface area contributed by atoms with Gasteiger partial charge in [0.15, 0.2) is 0 Å². The smallest absolute Gasteiger partial charge is 0.409 e. The molecule has 0 radical (unpaired) electrons. The van der Waals surface area contributed by atoms with E-state index in [1.807, 2.05) is 19.9 Å². The quantitative estimate of drug-likeness (QED) is 0.830. The molecule has 2 heterocycles. The number of nitriles is 1. The molecule has 1 amide bonds. The van der Waals surface area contributed by atoms with Crippen LogP contribution >= 0.6 is 0 Å². The maximum Gasteiger partial charge on any atom is 0.409 e. The van der Waals surface area contributed by atoms with E-state index in [2.05, 4.69) is 16.0 Å². The fraction of sp³-hybridized carbons (Fsp3) is 0.533. The number of ether oxygens (including phenoxy) is 1. The van der Waals surface area contributed by atoms with Crippen LogP contribution in [0.2, 0.25) is 0 Å². The molecule has 1 aromatic rings. The highest BCUT2D eigenvalue weighted by Gasteiger charge is 2.24. The number of carbonyl (C=O) groups is 1. The van der Waals surface area contributed by atoms with Gasteiger partial charge in [0.1, 0.15) is 11.9 Å². The predicted molar refractivity (Wildman–Crippen MR) is 79.2 cm³/mol. The summed E-state index contributed by atoms with van der Waals surface area (Å²) in [6, 6.07) is 4.15. The van der Waals surface area contributed by atoms with E-state index in [1.54, 1.807) is 11.8 Å². The Hall–Kier alpha value is -2.29. The van der Waals surface area contributed by atoms with Crippen LogP contribution in [0.4, 0.5) is 10.6 Å². The average Bonchev–Trinajstić information content (AvgIpc) is 2.47. The van der Waals surface area contributed by atoms with Gasteiger partial charge in [0.05, 0.1) is 12.2 Å². The Morgan fingerprint density at radius 1 is 1.38 bits per heavy atom. The van der Waals surface area contributed by atoms with Crippen molar-refractivity contribution in [2.75, 3.05) is 37.7 Å². The minimum atomic E-state index is -0.272. The molecule has 0 N–H and O–H groups in total. The molecule has 112 valence electrons. The van der Waals surface area contributed by atoms with Crippen molar-refractivity contribution in [1.82, 2.24) is 9.88 Å². The van der Waals surface area contributed by atoms with Gasteiger partial charge in [0.25, 0.3) is 0 Å². The first kappa shape index (κ1) is 15.1. The van der Waals surface area contributed by atoms with Gasteiger partial charge in [-0.15, -0.1) is 0 Å². The van der Waals surface area contributed by atoms with E-state index >= 15 is 0 Å². The van der Waals surface area contributed by atoms with Crippen molar-refractivity contribution in [3.8, 4) is 6.07 Å². The predicted octanol–water partition coefficient (Wildman–Crippen LogP) is 1.85. The van der Waals surface area contributed by atoms with Crippen molar-refractivity contribution >= 4 is 11.9 Å². The van der Waals surface area contributed by atoms with Gasteiger partial charge in [0, 0.05) is 31.9 Å². The Morgan fingerprint density at radius 2 is 2.05 bits per heavy atom. The summed E-state index contributed by atoms with van der Waals surface area (Å²) < 4.78 is 5.01. The van der Waals surface area contributed by atoms with E-state index in [-0.39, 0.29) is 6.09 Å². The van der Waals surface area contributed by atoms with Crippen LogP contribution in [0, 0.1) is 25.2 Å². The van der Waals surface area contributed by atoms with Crippen LogP contribution in [0.1, 0.15) is 23.7 Å². The Balaban J connectivity index is 2.13. The van der Waals surface area contributed by atoms with Crippen LogP contribution in [0.5, 0.6) is 0 Å². The molecular formula is C15H20N4O2. The molecule has 0 atom stereocenters. The molecule has 1 aromatic heterocycles. The number of aromatic nitrogens is 1. The topological polar surface area (TPSA) is 69.5 Å². The summed E-state index contributed by atoms with van der Waals surface area (Å²) in [5.74, 6) is 0.721. The number of aryl methyl sites for hydroxylation is 2. The summed E-state index contributed by atoms with van der Waals surface area (Å²) >= 11 is 0. The monoisotopic (exact) mass is 288 g/mol. The Bertz CT molecular complexity index is 572. The maximum atomic E-state index is 11.7. The summed E-state index contributed by atoms with van der Waals surface area (Å²) in [4.78, 5) is 19.9. The minimum absolute atomic E-state index is 0.272. The zero-order valence-corrected chi connectivity index (χ0v) is 12.7. The van der Waals surface area contributed by atoms with Gasteiger partial charge in [-0.05, 0) is 32.4 Å².